The largest absolute Gasteiger partial charge is 0.508 e. The Kier molecular flexibility index (Phi) is 6.40. The standard InChI is InChI=1S/C32H30O11/c1-13-7-22(38)26(30-17(13)12-32(2,41)31(43-30)15-4-6-19(35)21(37)9-15)27-25-23(39)10-16(33)11-24(25)42-29(28(27)40)14-3-5-18(34)20(36)8-14/h3-11,27-29,31,33-41H,12H2,1-2H3/t27-,28+,29+,31+,32-/m0/s1. The maximum atomic E-state index is 11.9. The van der Waals surface area contributed by atoms with Crippen molar-refractivity contribution in [2.45, 2.75) is 50.1 Å². The van der Waals surface area contributed by atoms with E-state index in [0.29, 0.717) is 16.7 Å². The average molecular weight is 591 g/mol. The zero-order valence-corrected chi connectivity index (χ0v) is 23.1. The molecule has 11 heteroatoms. The predicted molar refractivity (Wildman–Crippen MR) is 151 cm³/mol. The fourth-order valence-corrected chi connectivity index (χ4v) is 6.17. The predicted octanol–water partition coefficient (Wildman–Crippen LogP) is 3.99. The van der Waals surface area contributed by atoms with Crippen molar-refractivity contribution in [1.82, 2.24) is 0 Å². The highest BCUT2D eigenvalue weighted by molar-refractivity contribution is 5.65. The van der Waals surface area contributed by atoms with E-state index in [1.807, 2.05) is 0 Å². The third-order valence-corrected chi connectivity index (χ3v) is 8.22. The highest BCUT2D eigenvalue weighted by Crippen LogP contribution is 2.57. The Morgan fingerprint density at radius 2 is 1.30 bits per heavy atom. The summed E-state index contributed by atoms with van der Waals surface area (Å²) in [6.07, 6.45) is -3.79. The number of hydrogen-bond acceptors (Lipinski definition) is 11. The van der Waals surface area contributed by atoms with Crippen LogP contribution in [0.3, 0.4) is 0 Å². The molecular weight excluding hydrogens is 560 g/mol. The Labute approximate surface area is 245 Å². The molecule has 43 heavy (non-hydrogen) atoms. The van der Waals surface area contributed by atoms with Gasteiger partial charge in [0.2, 0.25) is 0 Å². The number of aryl methyl sites for hydroxylation is 1. The number of ether oxygens (including phenoxy) is 2. The van der Waals surface area contributed by atoms with E-state index in [4.69, 9.17) is 9.47 Å². The van der Waals surface area contributed by atoms with E-state index < -0.39 is 52.8 Å². The van der Waals surface area contributed by atoms with Crippen LogP contribution in [-0.4, -0.2) is 57.7 Å². The van der Waals surface area contributed by atoms with Crippen molar-refractivity contribution in [1.29, 1.82) is 0 Å². The topological polar surface area (TPSA) is 201 Å². The number of rotatable bonds is 3. The van der Waals surface area contributed by atoms with E-state index in [-0.39, 0.29) is 51.9 Å². The van der Waals surface area contributed by atoms with Gasteiger partial charge in [0.15, 0.2) is 35.2 Å². The van der Waals surface area contributed by atoms with Gasteiger partial charge in [-0.15, -0.1) is 0 Å². The van der Waals surface area contributed by atoms with E-state index in [2.05, 4.69) is 0 Å². The van der Waals surface area contributed by atoms with Crippen molar-refractivity contribution >= 4 is 0 Å². The molecule has 0 amide bonds. The molecule has 0 unspecified atom stereocenters. The van der Waals surface area contributed by atoms with Gasteiger partial charge in [-0.1, -0.05) is 12.1 Å². The molecular formula is C32H30O11. The van der Waals surface area contributed by atoms with Crippen molar-refractivity contribution in [2.24, 2.45) is 0 Å². The van der Waals surface area contributed by atoms with Crippen LogP contribution in [0.15, 0.2) is 54.6 Å². The smallest absolute Gasteiger partial charge is 0.157 e. The van der Waals surface area contributed by atoms with Crippen molar-refractivity contribution in [3.63, 3.8) is 0 Å². The highest BCUT2D eigenvalue weighted by atomic mass is 16.5. The SMILES string of the molecule is Cc1cc(O)c([C@@H]2c3c(O)cc(O)cc3O[C@H](c3ccc(O)c(O)c3)[C@@H]2O)c2c1C[C@](C)(O)[C@@H](c1ccc(O)c(O)c1)O2. The summed E-state index contributed by atoms with van der Waals surface area (Å²) < 4.78 is 12.4. The minimum absolute atomic E-state index is 0.0121. The summed E-state index contributed by atoms with van der Waals surface area (Å²) in [7, 11) is 0. The maximum absolute atomic E-state index is 11.9. The first kappa shape index (κ1) is 28.1. The zero-order chi connectivity index (χ0) is 31.0. The van der Waals surface area contributed by atoms with Gasteiger partial charge < -0.3 is 55.4 Å². The van der Waals surface area contributed by atoms with E-state index in [1.54, 1.807) is 13.8 Å². The van der Waals surface area contributed by atoms with Gasteiger partial charge in [-0.25, -0.2) is 0 Å². The van der Waals surface area contributed by atoms with Crippen molar-refractivity contribution < 1.29 is 55.4 Å². The summed E-state index contributed by atoms with van der Waals surface area (Å²) in [6.45, 7) is 3.28. The highest BCUT2D eigenvalue weighted by Gasteiger charge is 2.48. The fourth-order valence-electron chi connectivity index (χ4n) is 6.17. The van der Waals surface area contributed by atoms with E-state index in [1.165, 1.54) is 48.5 Å². The summed E-state index contributed by atoms with van der Waals surface area (Å²) in [5.74, 6) is -3.79. The van der Waals surface area contributed by atoms with Crippen LogP contribution < -0.4 is 9.47 Å². The molecule has 2 aliphatic rings. The molecule has 0 saturated carbocycles. The normalized spacial score (nSPS) is 24.4. The Hall–Kier alpha value is -5.00. The minimum Gasteiger partial charge on any atom is -0.508 e. The lowest BCUT2D eigenvalue weighted by molar-refractivity contribution is -0.0640. The Bertz CT molecular complexity index is 1760. The van der Waals surface area contributed by atoms with Crippen molar-refractivity contribution in [3.8, 4) is 51.7 Å². The molecule has 0 spiro atoms. The molecule has 0 bridgehead atoms. The molecule has 0 radical (unpaired) electrons. The van der Waals surface area contributed by atoms with Crippen LogP contribution >= 0.6 is 0 Å². The number of phenolic OH excluding ortho intramolecular Hbond substituents is 7. The summed E-state index contributed by atoms with van der Waals surface area (Å²) in [6, 6.07) is 11.6. The van der Waals surface area contributed by atoms with Gasteiger partial charge in [-0.3, -0.25) is 0 Å². The molecule has 6 rings (SSSR count). The molecule has 4 aromatic rings. The molecule has 11 nitrogen and oxygen atoms in total. The third kappa shape index (κ3) is 4.53. The molecule has 0 fully saturated rings. The molecule has 2 heterocycles. The lowest BCUT2D eigenvalue weighted by Crippen LogP contribution is -2.43. The molecule has 0 saturated heterocycles. The fraction of sp³-hybridized carbons (Fsp3) is 0.250. The van der Waals surface area contributed by atoms with Gasteiger partial charge in [0, 0.05) is 35.2 Å². The molecule has 4 aromatic carbocycles. The van der Waals surface area contributed by atoms with Gasteiger partial charge in [0.25, 0.3) is 0 Å². The van der Waals surface area contributed by atoms with Gasteiger partial charge in [0.1, 0.15) is 40.5 Å². The van der Waals surface area contributed by atoms with Crippen LogP contribution in [-0.2, 0) is 6.42 Å². The van der Waals surface area contributed by atoms with E-state index >= 15 is 0 Å². The zero-order valence-electron chi connectivity index (χ0n) is 23.1. The van der Waals surface area contributed by atoms with Gasteiger partial charge in [-0.05, 0) is 60.9 Å². The Morgan fingerprint density at radius 3 is 1.95 bits per heavy atom. The van der Waals surface area contributed by atoms with Crippen LogP contribution in [0.2, 0.25) is 0 Å². The summed E-state index contributed by atoms with van der Waals surface area (Å²) in [4.78, 5) is 0. The monoisotopic (exact) mass is 590 g/mol. The first-order valence-corrected chi connectivity index (χ1v) is 13.5. The average Bonchev–Trinajstić information content (AvgIpc) is 2.92. The number of aliphatic hydroxyl groups excluding tert-OH is 1. The summed E-state index contributed by atoms with van der Waals surface area (Å²) in [5.41, 5.74) is 0.288. The van der Waals surface area contributed by atoms with E-state index in [9.17, 15) is 46.0 Å². The lowest BCUT2D eigenvalue weighted by Gasteiger charge is -2.43. The number of benzene rings is 4. The Balaban J connectivity index is 1.57. The molecule has 224 valence electrons. The minimum atomic E-state index is -1.52. The molecule has 9 N–H and O–H groups in total. The molecule has 0 aromatic heterocycles. The quantitative estimate of drug-likeness (QED) is 0.156. The number of aromatic hydroxyl groups is 7. The number of fused-ring (bicyclic) bond motifs is 2. The molecule has 0 aliphatic carbocycles. The second-order valence-electron chi connectivity index (χ2n) is 11.3. The van der Waals surface area contributed by atoms with E-state index in [0.717, 1.165) is 6.07 Å². The first-order valence-electron chi connectivity index (χ1n) is 13.5. The van der Waals surface area contributed by atoms with Gasteiger partial charge in [0.05, 0.1) is 5.92 Å². The number of aliphatic hydroxyl groups is 2. The lowest BCUT2D eigenvalue weighted by atomic mass is 9.75. The number of phenols is 7. The van der Waals surface area contributed by atoms with Crippen LogP contribution in [0.1, 0.15) is 58.4 Å². The number of hydrogen-bond donors (Lipinski definition) is 9. The van der Waals surface area contributed by atoms with Crippen molar-refractivity contribution in [2.75, 3.05) is 0 Å². The van der Waals surface area contributed by atoms with Crippen LogP contribution in [0, 0.1) is 6.92 Å². The van der Waals surface area contributed by atoms with Crippen LogP contribution in [0.4, 0.5) is 0 Å². The van der Waals surface area contributed by atoms with Gasteiger partial charge in [-0.2, -0.15) is 0 Å². The molecule has 2 aliphatic heterocycles. The summed E-state index contributed by atoms with van der Waals surface area (Å²) >= 11 is 0. The Morgan fingerprint density at radius 1 is 0.698 bits per heavy atom. The summed E-state index contributed by atoms with van der Waals surface area (Å²) in [5, 5.41) is 96.0. The third-order valence-electron chi connectivity index (χ3n) is 8.22. The second-order valence-corrected chi connectivity index (χ2v) is 11.3. The maximum Gasteiger partial charge on any atom is 0.157 e. The van der Waals surface area contributed by atoms with Gasteiger partial charge >= 0.3 is 0 Å². The van der Waals surface area contributed by atoms with Crippen LogP contribution in [0.5, 0.6) is 51.7 Å². The van der Waals surface area contributed by atoms with Crippen LogP contribution in [0.25, 0.3) is 0 Å². The first-order chi connectivity index (χ1) is 20.3. The second kappa shape index (κ2) is 9.79. The molecule has 5 atom stereocenters. The van der Waals surface area contributed by atoms with Crippen molar-refractivity contribution in [3.05, 3.63) is 88.0 Å².